The average molecular weight is 546 g/mol. The number of hydrogen-bond acceptors (Lipinski definition) is 5. The fraction of sp³-hybridized carbons (Fsp3) is 0.167. The lowest BCUT2D eigenvalue weighted by molar-refractivity contribution is 0.233. The molecule has 41 heavy (non-hydrogen) atoms. The van der Waals surface area contributed by atoms with Gasteiger partial charge in [-0.25, -0.2) is 0 Å². The molecular formula is C36H35NO4. The van der Waals surface area contributed by atoms with Gasteiger partial charge < -0.3 is 24.6 Å². The summed E-state index contributed by atoms with van der Waals surface area (Å²) in [5, 5.41) is 18.0. The van der Waals surface area contributed by atoms with Crippen LogP contribution in [0.2, 0.25) is 0 Å². The van der Waals surface area contributed by atoms with E-state index in [9.17, 15) is 0 Å². The molecule has 0 saturated carbocycles. The van der Waals surface area contributed by atoms with E-state index in [1.165, 1.54) is 11.1 Å². The third-order valence-electron chi connectivity index (χ3n) is 6.78. The quantitative estimate of drug-likeness (QED) is 0.147. The molecule has 0 aliphatic rings. The molecule has 5 aromatic rings. The van der Waals surface area contributed by atoms with Crippen LogP contribution in [0.15, 0.2) is 127 Å². The lowest BCUT2D eigenvalue weighted by Crippen LogP contribution is -2.10. The second-order valence-electron chi connectivity index (χ2n) is 9.66. The molecule has 2 N–H and O–H groups in total. The molecule has 0 heterocycles. The standard InChI is InChI=1S/C36H35NO4/c38-24-4-26-40-35-20-12-31(13-21-35)30-10-16-33(17-11-30)37(34-18-22-36(23-19-34)41-27-5-25-39)32-14-8-29(9-15-32)28-6-2-1-3-7-28/h1-3,6-23,38-39H,4-5,24-27H2. The van der Waals surface area contributed by atoms with E-state index in [2.05, 4.69) is 102 Å². The van der Waals surface area contributed by atoms with Gasteiger partial charge in [0.2, 0.25) is 0 Å². The molecule has 5 aromatic carbocycles. The highest BCUT2D eigenvalue weighted by molar-refractivity contribution is 5.80. The van der Waals surface area contributed by atoms with Crippen molar-refractivity contribution in [3.8, 4) is 33.8 Å². The monoisotopic (exact) mass is 545 g/mol. The van der Waals surface area contributed by atoms with Crippen LogP contribution in [0.3, 0.4) is 0 Å². The fourth-order valence-corrected chi connectivity index (χ4v) is 4.63. The zero-order valence-corrected chi connectivity index (χ0v) is 23.0. The first kappa shape index (κ1) is 28.0. The minimum Gasteiger partial charge on any atom is -0.494 e. The van der Waals surface area contributed by atoms with Crippen LogP contribution in [-0.4, -0.2) is 36.6 Å². The predicted molar refractivity (Wildman–Crippen MR) is 166 cm³/mol. The third kappa shape index (κ3) is 7.34. The molecule has 0 aromatic heterocycles. The van der Waals surface area contributed by atoms with E-state index in [-0.39, 0.29) is 13.2 Å². The Morgan fingerprint density at radius 2 is 0.756 bits per heavy atom. The Kier molecular flexibility index (Phi) is 9.67. The molecule has 5 rings (SSSR count). The maximum atomic E-state index is 9.05. The van der Waals surface area contributed by atoms with Crippen molar-refractivity contribution in [1.29, 1.82) is 0 Å². The van der Waals surface area contributed by atoms with Crippen LogP contribution in [0.5, 0.6) is 11.5 Å². The van der Waals surface area contributed by atoms with E-state index >= 15 is 0 Å². The van der Waals surface area contributed by atoms with Crippen LogP contribution in [0.25, 0.3) is 22.3 Å². The average Bonchev–Trinajstić information content (AvgIpc) is 3.04. The van der Waals surface area contributed by atoms with Crippen molar-refractivity contribution in [2.24, 2.45) is 0 Å². The predicted octanol–water partition coefficient (Wildman–Crippen LogP) is 8.01. The molecule has 0 aliphatic heterocycles. The smallest absolute Gasteiger partial charge is 0.119 e. The van der Waals surface area contributed by atoms with Gasteiger partial charge in [-0.05, 0) is 82.9 Å². The maximum Gasteiger partial charge on any atom is 0.119 e. The van der Waals surface area contributed by atoms with E-state index in [0.29, 0.717) is 26.1 Å². The molecule has 0 radical (unpaired) electrons. The van der Waals surface area contributed by atoms with Crippen LogP contribution in [0.1, 0.15) is 12.8 Å². The van der Waals surface area contributed by atoms with E-state index < -0.39 is 0 Å². The Morgan fingerprint density at radius 1 is 0.415 bits per heavy atom. The number of anilines is 3. The van der Waals surface area contributed by atoms with Crippen molar-refractivity contribution >= 4 is 17.1 Å². The van der Waals surface area contributed by atoms with Crippen molar-refractivity contribution in [1.82, 2.24) is 0 Å². The fourth-order valence-electron chi connectivity index (χ4n) is 4.63. The van der Waals surface area contributed by atoms with Gasteiger partial charge in [0.25, 0.3) is 0 Å². The molecule has 5 nitrogen and oxygen atoms in total. The number of nitrogens with zero attached hydrogens (tertiary/aromatic N) is 1. The summed E-state index contributed by atoms with van der Waals surface area (Å²) in [5.74, 6) is 1.58. The molecule has 5 heteroatoms. The molecule has 0 saturated heterocycles. The second kappa shape index (κ2) is 14.2. The third-order valence-corrected chi connectivity index (χ3v) is 6.78. The van der Waals surface area contributed by atoms with Crippen LogP contribution >= 0.6 is 0 Å². The summed E-state index contributed by atoms with van der Waals surface area (Å²) in [5.41, 5.74) is 7.68. The molecule has 0 amide bonds. The SMILES string of the molecule is OCCCOc1ccc(-c2ccc(N(c3ccc(OCCCO)cc3)c3ccc(-c4ccccc4)cc3)cc2)cc1. The van der Waals surface area contributed by atoms with Gasteiger partial charge in [0.05, 0.1) is 13.2 Å². The summed E-state index contributed by atoms with van der Waals surface area (Å²) in [6, 6.07) is 43.6. The Balaban J connectivity index is 1.41. The van der Waals surface area contributed by atoms with Gasteiger partial charge in [-0.3, -0.25) is 0 Å². The van der Waals surface area contributed by atoms with Gasteiger partial charge in [-0.15, -0.1) is 0 Å². The molecule has 0 spiro atoms. The maximum absolute atomic E-state index is 9.05. The van der Waals surface area contributed by atoms with Crippen LogP contribution in [0.4, 0.5) is 17.1 Å². The Bertz CT molecular complexity index is 1470. The molecule has 0 bridgehead atoms. The van der Waals surface area contributed by atoms with Crippen LogP contribution in [0, 0.1) is 0 Å². The van der Waals surface area contributed by atoms with Crippen molar-refractivity contribution in [3.63, 3.8) is 0 Å². The topological polar surface area (TPSA) is 62.2 Å². The minimum absolute atomic E-state index is 0.114. The number of ether oxygens (including phenoxy) is 2. The number of aliphatic hydroxyl groups excluding tert-OH is 2. The van der Waals surface area contributed by atoms with E-state index in [0.717, 1.165) is 39.7 Å². The summed E-state index contributed by atoms with van der Waals surface area (Å²) in [7, 11) is 0. The van der Waals surface area contributed by atoms with Crippen molar-refractivity contribution < 1.29 is 19.7 Å². The van der Waals surface area contributed by atoms with E-state index in [1.54, 1.807) is 0 Å². The van der Waals surface area contributed by atoms with Gasteiger partial charge in [0.15, 0.2) is 0 Å². The number of rotatable bonds is 13. The highest BCUT2D eigenvalue weighted by Crippen LogP contribution is 2.37. The Morgan fingerprint density at radius 3 is 1.17 bits per heavy atom. The van der Waals surface area contributed by atoms with Crippen molar-refractivity contribution in [2.45, 2.75) is 12.8 Å². The van der Waals surface area contributed by atoms with E-state index in [1.807, 2.05) is 30.3 Å². The first-order valence-electron chi connectivity index (χ1n) is 14.0. The van der Waals surface area contributed by atoms with Crippen LogP contribution < -0.4 is 14.4 Å². The van der Waals surface area contributed by atoms with Crippen molar-refractivity contribution in [2.75, 3.05) is 31.3 Å². The number of aliphatic hydroxyl groups is 2. The Labute approximate surface area is 241 Å². The summed E-state index contributed by atoms with van der Waals surface area (Å²) >= 11 is 0. The normalized spacial score (nSPS) is 10.8. The Hall–Kier alpha value is -4.58. The van der Waals surface area contributed by atoms with E-state index in [4.69, 9.17) is 19.7 Å². The largest absolute Gasteiger partial charge is 0.494 e. The molecular weight excluding hydrogens is 510 g/mol. The van der Waals surface area contributed by atoms with Gasteiger partial charge in [-0.2, -0.15) is 0 Å². The highest BCUT2D eigenvalue weighted by Gasteiger charge is 2.14. The highest BCUT2D eigenvalue weighted by atomic mass is 16.5. The van der Waals surface area contributed by atoms with Gasteiger partial charge in [-0.1, -0.05) is 66.7 Å². The number of benzene rings is 5. The summed E-state index contributed by atoms with van der Waals surface area (Å²) in [6.45, 7) is 1.23. The molecule has 0 atom stereocenters. The molecule has 0 aliphatic carbocycles. The summed E-state index contributed by atoms with van der Waals surface area (Å²) in [6.07, 6.45) is 1.22. The van der Waals surface area contributed by atoms with Crippen molar-refractivity contribution in [3.05, 3.63) is 127 Å². The first-order valence-corrected chi connectivity index (χ1v) is 14.0. The zero-order valence-electron chi connectivity index (χ0n) is 23.0. The summed E-state index contributed by atoms with van der Waals surface area (Å²) in [4.78, 5) is 2.23. The van der Waals surface area contributed by atoms with Gasteiger partial charge in [0, 0.05) is 43.1 Å². The molecule has 0 fully saturated rings. The van der Waals surface area contributed by atoms with Gasteiger partial charge in [0.1, 0.15) is 11.5 Å². The first-order chi connectivity index (χ1) is 20.2. The molecule has 0 unspecified atom stereocenters. The number of hydrogen-bond donors (Lipinski definition) is 2. The lowest BCUT2D eigenvalue weighted by Gasteiger charge is -2.26. The molecule has 208 valence electrons. The lowest BCUT2D eigenvalue weighted by atomic mass is 10.0. The second-order valence-corrected chi connectivity index (χ2v) is 9.66. The minimum atomic E-state index is 0.114. The van der Waals surface area contributed by atoms with Gasteiger partial charge >= 0.3 is 0 Å². The zero-order chi connectivity index (χ0) is 28.3. The van der Waals surface area contributed by atoms with Crippen LogP contribution in [-0.2, 0) is 0 Å². The summed E-state index contributed by atoms with van der Waals surface area (Å²) < 4.78 is 11.4.